The Balaban J connectivity index is 1.93. The average Bonchev–Trinajstić information content (AvgIpc) is 2.72. The zero-order valence-electron chi connectivity index (χ0n) is 15.1. The van der Waals surface area contributed by atoms with E-state index in [-0.39, 0.29) is 36.8 Å². The Labute approximate surface area is 162 Å². The summed E-state index contributed by atoms with van der Waals surface area (Å²) in [5.74, 6) is 0.311. The van der Waals surface area contributed by atoms with Gasteiger partial charge in [-0.15, -0.1) is 0 Å². The van der Waals surface area contributed by atoms with Crippen LogP contribution in [0, 0.1) is 21.4 Å². The third-order valence-electron chi connectivity index (χ3n) is 4.09. The van der Waals surface area contributed by atoms with Gasteiger partial charge >= 0.3 is 5.69 Å². The fourth-order valence-corrected chi connectivity index (χ4v) is 2.74. The summed E-state index contributed by atoms with van der Waals surface area (Å²) in [6, 6.07) is 24.0. The molecule has 0 heterocycles. The zero-order chi connectivity index (χ0) is 19.8. The molecule has 0 saturated heterocycles. The molecule has 0 radical (unpaired) electrons. The molecule has 28 heavy (non-hydrogen) atoms. The summed E-state index contributed by atoms with van der Waals surface area (Å²) >= 11 is 0. The molecular weight excluding hydrogens is 356 g/mol. The fourth-order valence-electron chi connectivity index (χ4n) is 2.74. The second kappa shape index (κ2) is 9.19. The number of nitro benzene ring substituents is 1. The third-order valence-corrected chi connectivity index (χ3v) is 4.09. The predicted molar refractivity (Wildman–Crippen MR) is 104 cm³/mol. The Morgan fingerprint density at radius 3 is 1.96 bits per heavy atom. The van der Waals surface area contributed by atoms with E-state index in [0.717, 1.165) is 11.1 Å². The second-order valence-electron chi connectivity index (χ2n) is 6.04. The van der Waals surface area contributed by atoms with Crippen molar-refractivity contribution in [1.82, 2.24) is 0 Å². The van der Waals surface area contributed by atoms with Crippen LogP contribution in [0.2, 0.25) is 0 Å². The van der Waals surface area contributed by atoms with Crippen LogP contribution in [0.25, 0.3) is 0 Å². The number of hydrogen-bond donors (Lipinski definition) is 0. The molecule has 3 aromatic carbocycles. The lowest BCUT2D eigenvalue weighted by Crippen LogP contribution is -2.05. The molecule has 0 bridgehead atoms. The van der Waals surface area contributed by atoms with E-state index in [2.05, 4.69) is 0 Å². The molecule has 0 fully saturated rings. The van der Waals surface area contributed by atoms with E-state index >= 15 is 0 Å². The topological polar surface area (TPSA) is 85.4 Å². The molecule has 6 nitrogen and oxygen atoms in total. The normalized spacial score (nSPS) is 10.1. The van der Waals surface area contributed by atoms with E-state index in [4.69, 9.17) is 14.7 Å². The van der Waals surface area contributed by atoms with Crippen molar-refractivity contribution in [3.63, 3.8) is 0 Å². The lowest BCUT2D eigenvalue weighted by atomic mass is 10.1. The fraction of sp³-hybridized carbons (Fsp3) is 0.136. The molecular formula is C22H18N2O4. The molecule has 0 aliphatic rings. The maximum atomic E-state index is 11.7. The zero-order valence-corrected chi connectivity index (χ0v) is 15.1. The van der Waals surface area contributed by atoms with Crippen molar-refractivity contribution in [2.75, 3.05) is 0 Å². The van der Waals surface area contributed by atoms with Crippen LogP contribution < -0.4 is 9.47 Å². The lowest BCUT2D eigenvalue weighted by molar-refractivity contribution is -0.386. The molecule has 0 N–H and O–H groups in total. The summed E-state index contributed by atoms with van der Waals surface area (Å²) in [7, 11) is 0. The van der Waals surface area contributed by atoms with E-state index in [0.29, 0.717) is 5.56 Å². The molecule has 0 aromatic heterocycles. The highest BCUT2D eigenvalue weighted by Crippen LogP contribution is 2.41. The van der Waals surface area contributed by atoms with E-state index in [1.165, 1.54) is 6.07 Å². The SMILES string of the molecule is N#CCc1ccc(OCc2ccccc2)c(OCc2ccccc2)c1[N+](=O)[O-]. The number of hydrogen-bond acceptors (Lipinski definition) is 5. The van der Waals surface area contributed by atoms with Crippen molar-refractivity contribution in [2.45, 2.75) is 19.6 Å². The Hall–Kier alpha value is -3.85. The van der Waals surface area contributed by atoms with Gasteiger partial charge in [0.05, 0.1) is 17.4 Å². The van der Waals surface area contributed by atoms with Crippen molar-refractivity contribution in [2.24, 2.45) is 0 Å². The molecule has 6 heteroatoms. The molecule has 140 valence electrons. The van der Waals surface area contributed by atoms with Gasteiger partial charge in [0.25, 0.3) is 0 Å². The first-order valence-electron chi connectivity index (χ1n) is 8.69. The van der Waals surface area contributed by atoms with Crippen LogP contribution in [-0.4, -0.2) is 4.92 Å². The highest BCUT2D eigenvalue weighted by molar-refractivity contribution is 5.61. The first-order chi connectivity index (χ1) is 13.7. The Kier molecular flexibility index (Phi) is 6.21. The van der Waals surface area contributed by atoms with Crippen LogP contribution in [0.5, 0.6) is 11.5 Å². The average molecular weight is 374 g/mol. The summed E-state index contributed by atoms with van der Waals surface area (Å²) in [6.07, 6.45) is -0.0863. The monoisotopic (exact) mass is 374 g/mol. The van der Waals surface area contributed by atoms with Gasteiger partial charge in [-0.2, -0.15) is 5.26 Å². The maximum Gasteiger partial charge on any atom is 0.319 e. The van der Waals surface area contributed by atoms with E-state index in [1.807, 2.05) is 66.7 Å². The molecule has 0 aliphatic carbocycles. The van der Waals surface area contributed by atoms with Gasteiger partial charge in [0.1, 0.15) is 13.2 Å². The van der Waals surface area contributed by atoms with E-state index in [1.54, 1.807) is 6.07 Å². The molecule has 0 atom stereocenters. The number of nitriles is 1. The summed E-state index contributed by atoms with van der Waals surface area (Å²) in [4.78, 5) is 11.2. The first-order valence-corrected chi connectivity index (χ1v) is 8.69. The Morgan fingerprint density at radius 2 is 1.43 bits per heavy atom. The quantitative estimate of drug-likeness (QED) is 0.417. The molecule has 0 amide bonds. The lowest BCUT2D eigenvalue weighted by Gasteiger charge is -2.14. The second-order valence-corrected chi connectivity index (χ2v) is 6.04. The molecule has 0 saturated carbocycles. The minimum absolute atomic E-state index is 0.0394. The smallest absolute Gasteiger partial charge is 0.319 e. The molecule has 0 spiro atoms. The van der Waals surface area contributed by atoms with Crippen molar-refractivity contribution in [3.8, 4) is 17.6 Å². The predicted octanol–water partition coefficient (Wildman–Crippen LogP) is 4.82. The van der Waals surface area contributed by atoms with Crippen LogP contribution in [0.15, 0.2) is 72.8 Å². The van der Waals surface area contributed by atoms with Crippen LogP contribution in [0.4, 0.5) is 5.69 Å². The van der Waals surface area contributed by atoms with Crippen molar-refractivity contribution < 1.29 is 14.4 Å². The summed E-state index contributed by atoms with van der Waals surface area (Å²) in [5, 5.41) is 20.7. The molecule has 3 aromatic rings. The van der Waals surface area contributed by atoms with Crippen LogP contribution in [0.3, 0.4) is 0 Å². The number of benzene rings is 3. The van der Waals surface area contributed by atoms with Gasteiger partial charge in [-0.3, -0.25) is 10.1 Å². The third kappa shape index (κ3) is 4.65. The van der Waals surface area contributed by atoms with Gasteiger partial charge in [0.2, 0.25) is 5.75 Å². The van der Waals surface area contributed by atoms with E-state index < -0.39 is 4.92 Å². The summed E-state index contributed by atoms with van der Waals surface area (Å²) in [5.41, 5.74) is 1.86. The van der Waals surface area contributed by atoms with Crippen LogP contribution >= 0.6 is 0 Å². The highest BCUT2D eigenvalue weighted by atomic mass is 16.6. The molecule has 0 unspecified atom stereocenters. The van der Waals surface area contributed by atoms with Gasteiger partial charge in [-0.25, -0.2) is 0 Å². The minimum Gasteiger partial charge on any atom is -0.485 e. The van der Waals surface area contributed by atoms with Crippen molar-refractivity contribution in [1.29, 1.82) is 5.26 Å². The highest BCUT2D eigenvalue weighted by Gasteiger charge is 2.26. The van der Waals surface area contributed by atoms with Gasteiger partial charge in [0, 0.05) is 5.56 Å². The Bertz CT molecular complexity index is 983. The minimum atomic E-state index is -0.525. The van der Waals surface area contributed by atoms with Gasteiger partial charge in [0.15, 0.2) is 5.75 Å². The Morgan fingerprint density at radius 1 is 0.857 bits per heavy atom. The molecule has 0 aliphatic heterocycles. The summed E-state index contributed by atoms with van der Waals surface area (Å²) < 4.78 is 11.6. The number of nitro groups is 1. The summed E-state index contributed by atoms with van der Waals surface area (Å²) in [6.45, 7) is 0.399. The maximum absolute atomic E-state index is 11.7. The number of nitrogens with zero attached hydrogens (tertiary/aromatic N) is 2. The van der Waals surface area contributed by atoms with Gasteiger partial charge in [-0.05, 0) is 23.3 Å². The number of ether oxygens (including phenoxy) is 2. The first kappa shape index (κ1) is 18.9. The van der Waals surface area contributed by atoms with Gasteiger partial charge in [-0.1, -0.05) is 60.7 Å². The standard InChI is InChI=1S/C22H18N2O4/c23-14-13-19-11-12-20(27-15-17-7-3-1-4-8-17)22(21(19)24(25)26)28-16-18-9-5-2-6-10-18/h1-12H,13,15-16H2. The largest absolute Gasteiger partial charge is 0.485 e. The van der Waals surface area contributed by atoms with Crippen LogP contribution in [-0.2, 0) is 19.6 Å². The molecule has 3 rings (SSSR count). The number of rotatable bonds is 8. The van der Waals surface area contributed by atoms with Crippen molar-refractivity contribution in [3.05, 3.63) is 99.6 Å². The van der Waals surface area contributed by atoms with Crippen LogP contribution in [0.1, 0.15) is 16.7 Å². The van der Waals surface area contributed by atoms with Crippen molar-refractivity contribution >= 4 is 5.69 Å². The van der Waals surface area contributed by atoms with E-state index in [9.17, 15) is 10.1 Å². The van der Waals surface area contributed by atoms with Gasteiger partial charge < -0.3 is 9.47 Å².